The molecule has 470 valence electrons. The van der Waals surface area contributed by atoms with Crippen molar-refractivity contribution >= 4 is 17.9 Å². The van der Waals surface area contributed by atoms with Gasteiger partial charge < -0.3 is 14.2 Å². The first-order valence-electron chi connectivity index (χ1n) is 35.4. The summed E-state index contributed by atoms with van der Waals surface area (Å²) in [6.07, 6.45) is 91.1. The van der Waals surface area contributed by atoms with Gasteiger partial charge in [-0.3, -0.25) is 14.4 Å². The van der Waals surface area contributed by atoms with Gasteiger partial charge in [0.1, 0.15) is 13.2 Å². The van der Waals surface area contributed by atoms with Crippen LogP contribution >= 0.6 is 0 Å². The summed E-state index contributed by atoms with van der Waals surface area (Å²) in [5.74, 6) is -1.02. The fraction of sp³-hybridized carbons (Fsp3) is 0.800. The van der Waals surface area contributed by atoms with Gasteiger partial charge in [0.25, 0.3) is 0 Å². The molecular weight excluding hydrogens is 997 g/mol. The number of unbranched alkanes of at least 4 members (excludes halogenated alkanes) is 43. The van der Waals surface area contributed by atoms with Gasteiger partial charge in [-0.1, -0.05) is 351 Å². The summed E-state index contributed by atoms with van der Waals surface area (Å²) in [4.78, 5) is 38.4. The molecule has 0 fully saturated rings. The first-order chi connectivity index (χ1) is 40.0. The van der Waals surface area contributed by atoms with E-state index in [1.165, 1.54) is 257 Å². The standard InChI is InChI=1S/C75H134O6/c1-4-7-10-13-16-19-22-25-28-30-32-34-35-36-37-38-39-41-42-44-47-50-53-56-59-62-65-68-74(77)80-71-72(70-79-73(76)67-64-61-58-55-52-49-46-27-24-21-18-15-12-9-6-3)81-75(78)69-66-63-60-57-54-51-48-45-43-40-33-31-29-26-23-20-17-14-11-8-5-2/h9,12,18,21,27,31,33,46,52,55,61,64,72H,4-8,10-11,13-17,19-20,22-26,28-30,32,34-45,47-51,53-54,56-60,62-63,65-71H2,1-3H3/b12-9-,21-18-,33-31-,46-27-,55-52-,64-61-. The van der Waals surface area contributed by atoms with Crippen LogP contribution < -0.4 is 0 Å². The summed E-state index contributed by atoms with van der Waals surface area (Å²) < 4.78 is 16.9. The minimum atomic E-state index is -0.817. The predicted molar refractivity (Wildman–Crippen MR) is 353 cm³/mol. The highest BCUT2D eigenvalue weighted by Gasteiger charge is 2.19. The first kappa shape index (κ1) is 77.9. The third kappa shape index (κ3) is 67.5. The molecule has 1 atom stereocenters. The summed E-state index contributed by atoms with van der Waals surface area (Å²) >= 11 is 0. The molecule has 0 saturated heterocycles. The molecule has 0 aliphatic rings. The second-order valence-electron chi connectivity index (χ2n) is 23.8. The van der Waals surface area contributed by atoms with Crippen molar-refractivity contribution in [3.05, 3.63) is 72.9 Å². The Labute approximate surface area is 503 Å². The van der Waals surface area contributed by atoms with Gasteiger partial charge in [0.05, 0.1) is 6.42 Å². The summed E-state index contributed by atoms with van der Waals surface area (Å²) in [7, 11) is 0. The van der Waals surface area contributed by atoms with Gasteiger partial charge in [0.2, 0.25) is 0 Å². The van der Waals surface area contributed by atoms with Crippen LogP contribution in [0.25, 0.3) is 0 Å². The van der Waals surface area contributed by atoms with Crippen molar-refractivity contribution in [1.82, 2.24) is 0 Å². The van der Waals surface area contributed by atoms with Gasteiger partial charge in [0.15, 0.2) is 6.10 Å². The zero-order valence-corrected chi connectivity index (χ0v) is 54.1. The molecule has 1 unspecified atom stereocenters. The summed E-state index contributed by atoms with van der Waals surface area (Å²) in [5, 5.41) is 0. The van der Waals surface area contributed by atoms with Crippen molar-refractivity contribution in [3.63, 3.8) is 0 Å². The molecule has 0 heterocycles. The second-order valence-corrected chi connectivity index (χ2v) is 23.8. The van der Waals surface area contributed by atoms with Crippen molar-refractivity contribution in [2.45, 2.75) is 374 Å². The predicted octanol–water partition coefficient (Wildman–Crippen LogP) is 24.4. The van der Waals surface area contributed by atoms with Crippen molar-refractivity contribution in [2.75, 3.05) is 13.2 Å². The summed E-state index contributed by atoms with van der Waals surface area (Å²) in [5.41, 5.74) is 0. The van der Waals surface area contributed by atoms with Gasteiger partial charge in [-0.25, -0.2) is 0 Å². The number of hydrogen-bond acceptors (Lipinski definition) is 6. The molecule has 0 aromatic heterocycles. The molecule has 0 aliphatic heterocycles. The largest absolute Gasteiger partial charge is 0.462 e. The van der Waals surface area contributed by atoms with E-state index >= 15 is 0 Å². The Morgan fingerprint density at radius 1 is 0.272 bits per heavy atom. The minimum Gasteiger partial charge on any atom is -0.462 e. The van der Waals surface area contributed by atoms with Crippen LogP contribution in [0.3, 0.4) is 0 Å². The van der Waals surface area contributed by atoms with E-state index in [9.17, 15) is 14.4 Å². The smallest absolute Gasteiger partial charge is 0.309 e. The topological polar surface area (TPSA) is 78.9 Å². The highest BCUT2D eigenvalue weighted by molar-refractivity contribution is 5.72. The lowest BCUT2D eigenvalue weighted by Crippen LogP contribution is -2.30. The zero-order valence-electron chi connectivity index (χ0n) is 54.1. The molecule has 0 saturated carbocycles. The van der Waals surface area contributed by atoms with E-state index in [2.05, 4.69) is 81.5 Å². The molecule has 0 N–H and O–H groups in total. The Balaban J connectivity index is 4.31. The zero-order chi connectivity index (χ0) is 58.5. The lowest BCUT2D eigenvalue weighted by Gasteiger charge is -2.18. The van der Waals surface area contributed by atoms with Gasteiger partial charge in [-0.05, 0) is 70.6 Å². The van der Waals surface area contributed by atoms with Crippen LogP contribution in [0, 0.1) is 0 Å². The molecule has 0 bridgehead atoms. The first-order valence-corrected chi connectivity index (χ1v) is 35.4. The van der Waals surface area contributed by atoms with Crippen molar-refractivity contribution in [2.24, 2.45) is 0 Å². The molecule has 81 heavy (non-hydrogen) atoms. The third-order valence-corrected chi connectivity index (χ3v) is 15.7. The van der Waals surface area contributed by atoms with Crippen LogP contribution in [0.1, 0.15) is 367 Å². The van der Waals surface area contributed by atoms with E-state index in [1.807, 2.05) is 12.2 Å². The van der Waals surface area contributed by atoms with Gasteiger partial charge in [-0.2, -0.15) is 0 Å². The van der Waals surface area contributed by atoms with Crippen molar-refractivity contribution in [3.8, 4) is 0 Å². The van der Waals surface area contributed by atoms with Crippen LogP contribution in [-0.4, -0.2) is 37.2 Å². The van der Waals surface area contributed by atoms with E-state index in [4.69, 9.17) is 14.2 Å². The monoisotopic (exact) mass is 1130 g/mol. The van der Waals surface area contributed by atoms with E-state index in [1.54, 1.807) is 0 Å². The molecule has 0 aromatic carbocycles. The maximum atomic E-state index is 12.9. The van der Waals surface area contributed by atoms with Crippen LogP contribution in [0.5, 0.6) is 0 Å². The van der Waals surface area contributed by atoms with E-state index in [0.717, 1.165) is 70.6 Å². The Bertz CT molecular complexity index is 1490. The number of allylic oxidation sites excluding steroid dienone is 11. The molecule has 0 spiro atoms. The number of hydrogen-bond donors (Lipinski definition) is 0. The Hall–Kier alpha value is -3.15. The molecule has 6 nitrogen and oxygen atoms in total. The number of carbonyl (C=O) groups excluding carboxylic acids is 3. The molecule has 0 rings (SSSR count). The molecule has 0 aromatic rings. The molecule has 6 heteroatoms. The number of ether oxygens (including phenoxy) is 3. The highest BCUT2D eigenvalue weighted by atomic mass is 16.6. The molecular formula is C75H134O6. The summed E-state index contributed by atoms with van der Waals surface area (Å²) in [6.45, 7) is 6.50. The normalized spacial score (nSPS) is 12.5. The molecule has 0 amide bonds. The fourth-order valence-corrected chi connectivity index (χ4v) is 10.5. The number of rotatable bonds is 65. The average Bonchev–Trinajstić information content (AvgIpc) is 3.47. The van der Waals surface area contributed by atoms with Gasteiger partial charge in [-0.15, -0.1) is 0 Å². The third-order valence-electron chi connectivity index (χ3n) is 15.7. The summed E-state index contributed by atoms with van der Waals surface area (Å²) in [6, 6.07) is 0. The maximum absolute atomic E-state index is 12.9. The van der Waals surface area contributed by atoms with E-state index in [0.29, 0.717) is 12.8 Å². The lowest BCUT2D eigenvalue weighted by atomic mass is 10.0. The quantitative estimate of drug-likeness (QED) is 0.0261. The Morgan fingerprint density at radius 2 is 0.531 bits per heavy atom. The van der Waals surface area contributed by atoms with Gasteiger partial charge >= 0.3 is 17.9 Å². The number of carbonyl (C=O) groups is 3. The van der Waals surface area contributed by atoms with Crippen LogP contribution in [0.15, 0.2) is 72.9 Å². The van der Waals surface area contributed by atoms with Gasteiger partial charge in [0, 0.05) is 12.8 Å². The number of esters is 3. The van der Waals surface area contributed by atoms with Crippen LogP contribution in [0.2, 0.25) is 0 Å². The van der Waals surface area contributed by atoms with Crippen molar-refractivity contribution < 1.29 is 28.6 Å². The Kier molecular flexibility index (Phi) is 66.6. The SMILES string of the molecule is CC/C=C\C/C=C\C/C=C\C/C=C\C/C=C\CC(=O)OCC(COC(=O)CCCCCCCCCCCCCCCCCCCCCCCCCCCCC)OC(=O)CCCCCCCCCCC/C=C\CCCCCCCCCC. The van der Waals surface area contributed by atoms with Crippen molar-refractivity contribution in [1.29, 1.82) is 0 Å². The lowest BCUT2D eigenvalue weighted by molar-refractivity contribution is -0.166. The minimum absolute atomic E-state index is 0.103. The second kappa shape index (κ2) is 69.3. The van der Waals surface area contributed by atoms with E-state index < -0.39 is 12.1 Å². The average molecular weight is 1130 g/mol. The fourth-order valence-electron chi connectivity index (χ4n) is 10.5. The molecule has 0 radical (unpaired) electrons. The van der Waals surface area contributed by atoms with E-state index in [-0.39, 0.29) is 31.6 Å². The maximum Gasteiger partial charge on any atom is 0.309 e. The highest BCUT2D eigenvalue weighted by Crippen LogP contribution is 2.18. The van der Waals surface area contributed by atoms with Crippen LogP contribution in [0.4, 0.5) is 0 Å². The molecule has 0 aliphatic carbocycles. The van der Waals surface area contributed by atoms with Crippen LogP contribution in [-0.2, 0) is 28.6 Å². The Morgan fingerprint density at radius 3 is 0.852 bits per heavy atom.